The summed E-state index contributed by atoms with van der Waals surface area (Å²) in [5.41, 5.74) is 0. The summed E-state index contributed by atoms with van der Waals surface area (Å²) >= 11 is 0. The highest BCUT2D eigenvalue weighted by molar-refractivity contribution is 4.95. The van der Waals surface area contributed by atoms with Gasteiger partial charge in [0.15, 0.2) is 0 Å². The zero-order chi connectivity index (χ0) is 14.4. The van der Waals surface area contributed by atoms with Crippen LogP contribution in [0.2, 0.25) is 0 Å². The molecule has 1 N–H and O–H groups in total. The molecule has 2 aliphatic rings. The monoisotopic (exact) mass is 282 g/mol. The van der Waals surface area contributed by atoms with Crippen molar-refractivity contribution < 1.29 is 4.74 Å². The largest absolute Gasteiger partial charge is 0.380 e. The molecule has 1 saturated heterocycles. The van der Waals surface area contributed by atoms with Gasteiger partial charge in [0, 0.05) is 38.3 Å². The number of unbranched alkanes of at least 4 members (excludes halogenated alkanes) is 1. The van der Waals surface area contributed by atoms with Gasteiger partial charge in [-0.2, -0.15) is 0 Å². The minimum atomic E-state index is 0.672. The van der Waals surface area contributed by atoms with E-state index in [4.69, 9.17) is 4.74 Å². The molecule has 20 heavy (non-hydrogen) atoms. The van der Waals surface area contributed by atoms with E-state index in [1.807, 2.05) is 0 Å². The molecule has 0 radical (unpaired) electrons. The maximum absolute atomic E-state index is 5.79. The molecular formula is C17H34N2O. The Morgan fingerprint density at radius 3 is 2.70 bits per heavy atom. The summed E-state index contributed by atoms with van der Waals surface area (Å²) in [6.45, 7) is 12.3. The molecule has 1 heterocycles. The second-order valence-corrected chi connectivity index (χ2v) is 6.77. The molecule has 2 rings (SSSR count). The third-order valence-electron chi connectivity index (χ3n) is 5.15. The van der Waals surface area contributed by atoms with E-state index in [1.165, 1.54) is 45.2 Å². The van der Waals surface area contributed by atoms with Crippen LogP contribution < -0.4 is 5.32 Å². The van der Waals surface area contributed by atoms with Crippen molar-refractivity contribution in [3.8, 4) is 0 Å². The van der Waals surface area contributed by atoms with E-state index in [1.54, 1.807) is 0 Å². The molecule has 3 atom stereocenters. The van der Waals surface area contributed by atoms with E-state index >= 15 is 0 Å². The molecule has 3 heteroatoms. The summed E-state index contributed by atoms with van der Waals surface area (Å²) in [4.78, 5) is 2.72. The average molecular weight is 282 g/mol. The topological polar surface area (TPSA) is 24.5 Å². The average Bonchev–Trinajstić information content (AvgIpc) is 3.30. The predicted octanol–water partition coefficient (Wildman–Crippen LogP) is 2.90. The van der Waals surface area contributed by atoms with Crippen molar-refractivity contribution in [2.45, 2.75) is 65.0 Å². The molecule has 1 aliphatic carbocycles. The highest BCUT2D eigenvalue weighted by atomic mass is 16.5. The van der Waals surface area contributed by atoms with Gasteiger partial charge in [0.2, 0.25) is 0 Å². The Kier molecular flexibility index (Phi) is 6.79. The number of hydrogen-bond acceptors (Lipinski definition) is 3. The molecular weight excluding hydrogens is 248 g/mol. The Labute approximate surface area is 125 Å². The van der Waals surface area contributed by atoms with E-state index in [9.17, 15) is 0 Å². The fourth-order valence-corrected chi connectivity index (χ4v) is 3.25. The smallest absolute Gasteiger partial charge is 0.0593 e. The first-order valence-corrected chi connectivity index (χ1v) is 8.81. The lowest BCUT2D eigenvalue weighted by Gasteiger charge is -2.42. The van der Waals surface area contributed by atoms with Gasteiger partial charge in [-0.05, 0) is 31.1 Å². The second kappa shape index (κ2) is 8.35. The zero-order valence-corrected chi connectivity index (χ0v) is 13.7. The Morgan fingerprint density at radius 1 is 1.25 bits per heavy atom. The predicted molar refractivity (Wildman–Crippen MR) is 85.1 cm³/mol. The SMILES string of the molecule is CCCCOCCN1CC(C(C)CC)NCC1C1CC1. The van der Waals surface area contributed by atoms with Crippen molar-refractivity contribution in [3.05, 3.63) is 0 Å². The van der Waals surface area contributed by atoms with Crippen LogP contribution in [0.3, 0.4) is 0 Å². The summed E-state index contributed by atoms with van der Waals surface area (Å²) in [5, 5.41) is 3.80. The van der Waals surface area contributed by atoms with Crippen LogP contribution in [0.5, 0.6) is 0 Å². The number of ether oxygens (including phenoxy) is 1. The fraction of sp³-hybridized carbons (Fsp3) is 1.00. The fourth-order valence-electron chi connectivity index (χ4n) is 3.25. The lowest BCUT2D eigenvalue weighted by molar-refractivity contribution is 0.0493. The summed E-state index contributed by atoms with van der Waals surface area (Å²) < 4.78 is 5.79. The maximum Gasteiger partial charge on any atom is 0.0593 e. The van der Waals surface area contributed by atoms with Gasteiger partial charge in [-0.1, -0.05) is 33.6 Å². The minimum Gasteiger partial charge on any atom is -0.380 e. The van der Waals surface area contributed by atoms with Crippen molar-refractivity contribution in [2.75, 3.05) is 32.8 Å². The van der Waals surface area contributed by atoms with Gasteiger partial charge in [-0.15, -0.1) is 0 Å². The number of nitrogens with one attached hydrogen (secondary N) is 1. The zero-order valence-electron chi connectivity index (χ0n) is 13.7. The van der Waals surface area contributed by atoms with E-state index < -0.39 is 0 Å². The molecule has 118 valence electrons. The van der Waals surface area contributed by atoms with Crippen LogP contribution in [0.1, 0.15) is 52.9 Å². The van der Waals surface area contributed by atoms with Crippen LogP contribution in [0.25, 0.3) is 0 Å². The normalized spacial score (nSPS) is 29.6. The maximum atomic E-state index is 5.79. The first-order valence-electron chi connectivity index (χ1n) is 8.81. The summed E-state index contributed by atoms with van der Waals surface area (Å²) in [7, 11) is 0. The van der Waals surface area contributed by atoms with Gasteiger partial charge in [-0.25, -0.2) is 0 Å². The number of hydrogen-bond donors (Lipinski definition) is 1. The number of piperazine rings is 1. The Bertz CT molecular complexity index is 268. The highest BCUT2D eigenvalue weighted by Gasteiger charge is 2.39. The number of nitrogens with zero attached hydrogens (tertiary/aromatic N) is 1. The van der Waals surface area contributed by atoms with Crippen LogP contribution in [0.4, 0.5) is 0 Å². The van der Waals surface area contributed by atoms with Crippen molar-refractivity contribution in [2.24, 2.45) is 11.8 Å². The summed E-state index contributed by atoms with van der Waals surface area (Å²) in [6.07, 6.45) is 6.57. The molecule has 0 bridgehead atoms. The molecule has 0 aromatic rings. The van der Waals surface area contributed by atoms with Gasteiger partial charge < -0.3 is 10.1 Å². The van der Waals surface area contributed by atoms with Gasteiger partial charge in [-0.3, -0.25) is 4.90 Å². The van der Waals surface area contributed by atoms with E-state index in [0.29, 0.717) is 6.04 Å². The molecule has 0 amide bonds. The van der Waals surface area contributed by atoms with Crippen LogP contribution >= 0.6 is 0 Å². The molecule has 3 nitrogen and oxygen atoms in total. The summed E-state index contributed by atoms with van der Waals surface area (Å²) in [5.74, 6) is 1.73. The van der Waals surface area contributed by atoms with Gasteiger partial charge >= 0.3 is 0 Å². The molecule has 1 aliphatic heterocycles. The lowest BCUT2D eigenvalue weighted by Crippen LogP contribution is -2.59. The van der Waals surface area contributed by atoms with Crippen LogP contribution in [0, 0.1) is 11.8 Å². The highest BCUT2D eigenvalue weighted by Crippen LogP contribution is 2.36. The van der Waals surface area contributed by atoms with Crippen molar-refractivity contribution >= 4 is 0 Å². The van der Waals surface area contributed by atoms with E-state index in [2.05, 4.69) is 31.0 Å². The standard InChI is InChI=1S/C17H34N2O/c1-4-6-10-20-11-9-19-13-16(14(3)5-2)18-12-17(19)15-7-8-15/h14-18H,4-13H2,1-3H3. The van der Waals surface area contributed by atoms with Gasteiger partial charge in [0.25, 0.3) is 0 Å². The number of rotatable bonds is 9. The first-order chi connectivity index (χ1) is 9.76. The van der Waals surface area contributed by atoms with Crippen molar-refractivity contribution in [3.63, 3.8) is 0 Å². The van der Waals surface area contributed by atoms with E-state index in [-0.39, 0.29) is 0 Å². The third-order valence-corrected chi connectivity index (χ3v) is 5.15. The Hall–Kier alpha value is -0.120. The van der Waals surface area contributed by atoms with Crippen LogP contribution in [0.15, 0.2) is 0 Å². The lowest BCUT2D eigenvalue weighted by atomic mass is 9.94. The molecule has 0 aromatic carbocycles. The first kappa shape index (κ1) is 16.3. The van der Waals surface area contributed by atoms with Crippen molar-refractivity contribution in [1.29, 1.82) is 0 Å². The quantitative estimate of drug-likeness (QED) is 0.658. The molecule has 0 aromatic heterocycles. The second-order valence-electron chi connectivity index (χ2n) is 6.77. The molecule has 1 saturated carbocycles. The van der Waals surface area contributed by atoms with Crippen LogP contribution in [-0.4, -0.2) is 49.8 Å². The Balaban J connectivity index is 1.77. The third kappa shape index (κ3) is 4.71. The van der Waals surface area contributed by atoms with E-state index in [0.717, 1.165) is 37.6 Å². The summed E-state index contributed by atoms with van der Waals surface area (Å²) in [6, 6.07) is 1.44. The molecule has 3 unspecified atom stereocenters. The van der Waals surface area contributed by atoms with Gasteiger partial charge in [0.05, 0.1) is 6.61 Å². The minimum absolute atomic E-state index is 0.672. The van der Waals surface area contributed by atoms with Crippen LogP contribution in [-0.2, 0) is 4.74 Å². The Morgan fingerprint density at radius 2 is 2.05 bits per heavy atom. The molecule has 2 fully saturated rings. The molecule has 0 spiro atoms. The van der Waals surface area contributed by atoms with Gasteiger partial charge in [0.1, 0.15) is 0 Å². The van der Waals surface area contributed by atoms with Crippen molar-refractivity contribution in [1.82, 2.24) is 10.2 Å².